The van der Waals surface area contributed by atoms with Gasteiger partial charge >= 0.3 is 6.18 Å². The highest BCUT2D eigenvalue weighted by Crippen LogP contribution is 2.40. The fourth-order valence-corrected chi connectivity index (χ4v) is 4.36. The number of carbonyl (C=O) groups is 1. The molecule has 3 heterocycles. The fraction of sp³-hybridized carbons (Fsp3) is 0.458. The predicted octanol–water partition coefficient (Wildman–Crippen LogP) is 4.50. The van der Waals surface area contributed by atoms with Crippen LogP contribution in [-0.2, 0) is 6.18 Å². The lowest BCUT2D eigenvalue weighted by atomic mass is 10.0. The van der Waals surface area contributed by atoms with Gasteiger partial charge in [0.25, 0.3) is 5.91 Å². The lowest BCUT2D eigenvalue weighted by molar-refractivity contribution is -0.142. The Morgan fingerprint density at radius 3 is 2.34 bits per heavy atom. The third-order valence-electron chi connectivity index (χ3n) is 6.14. The molecular formula is C24H27F3N4O4. The SMILES string of the molecule is COc1cc(-c2cc(C(F)(F)F)n3ncc(C(=O)N4CCCCCC4)c3n2)cc(C(C)O)c1OC. The van der Waals surface area contributed by atoms with Gasteiger partial charge in [-0.1, -0.05) is 12.8 Å². The van der Waals surface area contributed by atoms with E-state index < -0.39 is 23.9 Å². The number of ether oxygens (including phenoxy) is 2. The van der Waals surface area contributed by atoms with Gasteiger partial charge < -0.3 is 19.5 Å². The van der Waals surface area contributed by atoms with Gasteiger partial charge in [0.15, 0.2) is 22.8 Å². The molecule has 1 fully saturated rings. The zero-order valence-corrected chi connectivity index (χ0v) is 19.7. The van der Waals surface area contributed by atoms with Crippen LogP contribution in [0.3, 0.4) is 0 Å². The molecule has 0 saturated carbocycles. The fourth-order valence-electron chi connectivity index (χ4n) is 4.36. The average Bonchev–Trinajstić information content (AvgIpc) is 3.06. The first kappa shape index (κ1) is 24.8. The summed E-state index contributed by atoms with van der Waals surface area (Å²) in [5.41, 5.74) is -0.695. The Kier molecular flexibility index (Phi) is 6.88. The monoisotopic (exact) mass is 492 g/mol. The standard InChI is InChI=1S/C24H27F3N4O4/c1-14(32)16-10-15(11-19(34-2)21(16)35-3)18-12-20(24(25,26)27)31-22(29-18)17(13-28-31)23(33)30-8-6-4-5-7-9-30/h10-14,32H,4-9H2,1-3H3. The van der Waals surface area contributed by atoms with Crippen LogP contribution in [0.1, 0.15) is 60.3 Å². The first-order valence-electron chi connectivity index (χ1n) is 11.3. The number of aliphatic hydroxyl groups is 1. The summed E-state index contributed by atoms with van der Waals surface area (Å²) in [5.74, 6) is 0.104. The van der Waals surface area contributed by atoms with E-state index in [1.807, 2.05) is 0 Å². The molecule has 0 bridgehead atoms. The number of carbonyl (C=O) groups excluding carboxylic acids is 1. The number of alkyl halides is 3. The topological polar surface area (TPSA) is 89.2 Å². The number of methoxy groups -OCH3 is 2. The molecule has 35 heavy (non-hydrogen) atoms. The molecule has 8 nitrogen and oxygen atoms in total. The van der Waals surface area contributed by atoms with Crippen LogP contribution < -0.4 is 9.47 Å². The van der Waals surface area contributed by atoms with E-state index in [0.29, 0.717) is 23.2 Å². The highest BCUT2D eigenvalue weighted by molar-refractivity contribution is 6.00. The van der Waals surface area contributed by atoms with Crippen molar-refractivity contribution in [3.63, 3.8) is 0 Å². The van der Waals surface area contributed by atoms with E-state index in [0.717, 1.165) is 37.9 Å². The van der Waals surface area contributed by atoms with Crippen LogP contribution in [0, 0.1) is 0 Å². The zero-order valence-electron chi connectivity index (χ0n) is 19.7. The molecule has 2 aromatic heterocycles. The van der Waals surface area contributed by atoms with Gasteiger partial charge in [-0.05, 0) is 38.0 Å². The van der Waals surface area contributed by atoms with Crippen LogP contribution in [0.25, 0.3) is 16.9 Å². The minimum atomic E-state index is -4.76. The summed E-state index contributed by atoms with van der Waals surface area (Å²) >= 11 is 0. The summed E-state index contributed by atoms with van der Waals surface area (Å²) in [5, 5.41) is 14.1. The summed E-state index contributed by atoms with van der Waals surface area (Å²) in [6, 6.07) is 3.85. The van der Waals surface area contributed by atoms with E-state index in [1.54, 1.807) is 4.90 Å². The van der Waals surface area contributed by atoms with Crippen molar-refractivity contribution < 1.29 is 32.5 Å². The molecule has 0 radical (unpaired) electrons. The molecule has 0 aliphatic carbocycles. The van der Waals surface area contributed by atoms with Crippen LogP contribution >= 0.6 is 0 Å². The number of halogens is 3. The van der Waals surface area contributed by atoms with Crippen molar-refractivity contribution in [2.75, 3.05) is 27.3 Å². The Bertz CT molecular complexity index is 1230. The second kappa shape index (κ2) is 9.73. The molecule has 1 amide bonds. The lowest BCUT2D eigenvalue weighted by Gasteiger charge is -2.20. The van der Waals surface area contributed by atoms with E-state index in [1.165, 1.54) is 33.3 Å². The van der Waals surface area contributed by atoms with Crippen LogP contribution in [0.4, 0.5) is 13.2 Å². The van der Waals surface area contributed by atoms with Crippen molar-refractivity contribution in [3.8, 4) is 22.8 Å². The highest BCUT2D eigenvalue weighted by Gasteiger charge is 2.36. The molecule has 0 spiro atoms. The van der Waals surface area contributed by atoms with Gasteiger partial charge in [0, 0.05) is 24.2 Å². The number of aliphatic hydroxyl groups excluding tert-OH is 1. The molecule has 1 saturated heterocycles. The second-order valence-electron chi connectivity index (χ2n) is 8.50. The first-order valence-corrected chi connectivity index (χ1v) is 11.3. The number of nitrogens with zero attached hydrogens (tertiary/aromatic N) is 4. The summed E-state index contributed by atoms with van der Waals surface area (Å²) in [7, 11) is 2.79. The zero-order chi connectivity index (χ0) is 25.3. The highest BCUT2D eigenvalue weighted by atomic mass is 19.4. The number of benzene rings is 1. The summed E-state index contributed by atoms with van der Waals surface area (Å²) < 4.78 is 53.4. The quantitative estimate of drug-likeness (QED) is 0.564. The van der Waals surface area contributed by atoms with E-state index >= 15 is 0 Å². The van der Waals surface area contributed by atoms with Crippen molar-refractivity contribution >= 4 is 11.6 Å². The number of rotatable bonds is 5. The third-order valence-corrected chi connectivity index (χ3v) is 6.14. The molecule has 3 aromatic rings. The Hall–Kier alpha value is -3.34. The van der Waals surface area contributed by atoms with Crippen LogP contribution in [-0.4, -0.2) is 57.8 Å². The van der Waals surface area contributed by atoms with Crippen molar-refractivity contribution in [1.29, 1.82) is 0 Å². The summed E-state index contributed by atoms with van der Waals surface area (Å²) in [6.45, 7) is 2.58. The molecule has 1 unspecified atom stereocenters. The third kappa shape index (κ3) is 4.77. The molecule has 1 aliphatic heterocycles. The maximum Gasteiger partial charge on any atom is 0.433 e. The van der Waals surface area contributed by atoms with Crippen molar-refractivity contribution in [2.24, 2.45) is 0 Å². The van der Waals surface area contributed by atoms with Crippen LogP contribution in [0.5, 0.6) is 11.5 Å². The number of aromatic nitrogens is 3. The first-order chi connectivity index (χ1) is 16.7. The largest absolute Gasteiger partial charge is 0.493 e. The Morgan fingerprint density at radius 2 is 1.77 bits per heavy atom. The molecule has 1 atom stereocenters. The Morgan fingerprint density at radius 1 is 1.09 bits per heavy atom. The number of hydrogen-bond acceptors (Lipinski definition) is 6. The van der Waals surface area contributed by atoms with Gasteiger partial charge in [-0.25, -0.2) is 9.50 Å². The minimum Gasteiger partial charge on any atom is -0.493 e. The van der Waals surface area contributed by atoms with Crippen molar-refractivity contribution in [1.82, 2.24) is 19.5 Å². The van der Waals surface area contributed by atoms with Crippen LogP contribution in [0.15, 0.2) is 24.4 Å². The van der Waals surface area contributed by atoms with Crippen molar-refractivity contribution in [3.05, 3.63) is 41.2 Å². The Labute approximate surface area is 200 Å². The molecule has 11 heteroatoms. The maximum atomic E-state index is 14.0. The second-order valence-corrected chi connectivity index (χ2v) is 8.50. The predicted molar refractivity (Wildman–Crippen MR) is 122 cm³/mol. The van der Waals surface area contributed by atoms with Gasteiger partial charge in [0.2, 0.25) is 0 Å². The maximum absolute atomic E-state index is 14.0. The van der Waals surface area contributed by atoms with E-state index in [9.17, 15) is 23.1 Å². The lowest BCUT2D eigenvalue weighted by Crippen LogP contribution is -2.31. The van der Waals surface area contributed by atoms with E-state index in [4.69, 9.17) is 9.47 Å². The Balaban J connectivity index is 1.92. The molecule has 4 rings (SSSR count). The molecular weight excluding hydrogens is 465 g/mol. The minimum absolute atomic E-state index is 0.00970. The number of amides is 1. The number of fused-ring (bicyclic) bond motifs is 1. The van der Waals surface area contributed by atoms with E-state index in [2.05, 4.69) is 10.1 Å². The van der Waals surface area contributed by atoms with Gasteiger partial charge in [-0.15, -0.1) is 0 Å². The summed E-state index contributed by atoms with van der Waals surface area (Å²) in [6.07, 6.45) is -0.913. The number of hydrogen-bond donors (Lipinski definition) is 1. The summed E-state index contributed by atoms with van der Waals surface area (Å²) in [4.78, 5) is 19.3. The van der Waals surface area contributed by atoms with E-state index in [-0.39, 0.29) is 34.0 Å². The molecule has 188 valence electrons. The number of likely N-dealkylation sites (tertiary alicyclic amines) is 1. The van der Waals surface area contributed by atoms with Gasteiger partial charge in [-0.2, -0.15) is 18.3 Å². The molecule has 1 N–H and O–H groups in total. The van der Waals surface area contributed by atoms with Gasteiger partial charge in [0.05, 0.1) is 32.2 Å². The van der Waals surface area contributed by atoms with Gasteiger partial charge in [-0.3, -0.25) is 4.79 Å². The van der Waals surface area contributed by atoms with Gasteiger partial charge in [0.1, 0.15) is 5.56 Å². The average molecular weight is 492 g/mol. The molecule has 1 aliphatic rings. The van der Waals surface area contributed by atoms with Crippen molar-refractivity contribution in [2.45, 2.75) is 44.9 Å². The normalized spacial score (nSPS) is 15.7. The molecule has 1 aromatic carbocycles. The smallest absolute Gasteiger partial charge is 0.433 e. The van der Waals surface area contributed by atoms with Crippen LogP contribution in [0.2, 0.25) is 0 Å².